The van der Waals surface area contributed by atoms with Crippen molar-refractivity contribution in [2.75, 3.05) is 13.1 Å². The summed E-state index contributed by atoms with van der Waals surface area (Å²) >= 11 is 0. The Hall–Kier alpha value is -0.870. The zero-order valence-corrected chi connectivity index (χ0v) is 11.5. The van der Waals surface area contributed by atoms with Gasteiger partial charge in [-0.1, -0.05) is 19.8 Å². The molecule has 1 heterocycles. The first kappa shape index (κ1) is 13.6. The standard InChI is InChI=1S/C14H25N3O/c1-3-15-11-14(2,18)10-12-8-9-17(16-12)13-6-4-5-7-13/h8-9,13,15,18H,3-7,10-11H2,1-2H3. The first-order valence-corrected chi connectivity index (χ1v) is 7.08. The van der Waals surface area contributed by atoms with Gasteiger partial charge >= 0.3 is 0 Å². The highest BCUT2D eigenvalue weighted by Gasteiger charge is 2.23. The van der Waals surface area contributed by atoms with Crippen molar-refractivity contribution in [3.8, 4) is 0 Å². The Morgan fingerprint density at radius 2 is 2.22 bits per heavy atom. The Bertz CT molecular complexity index is 367. The summed E-state index contributed by atoms with van der Waals surface area (Å²) in [5.41, 5.74) is 0.273. The predicted molar refractivity (Wildman–Crippen MR) is 72.6 cm³/mol. The molecular formula is C14H25N3O. The lowest BCUT2D eigenvalue weighted by molar-refractivity contribution is 0.0595. The molecule has 1 aliphatic carbocycles. The molecule has 1 aromatic rings. The molecule has 0 spiro atoms. The molecule has 0 bridgehead atoms. The highest BCUT2D eigenvalue weighted by atomic mass is 16.3. The van der Waals surface area contributed by atoms with E-state index in [2.05, 4.69) is 21.3 Å². The van der Waals surface area contributed by atoms with E-state index < -0.39 is 5.60 Å². The number of nitrogens with one attached hydrogen (secondary N) is 1. The van der Waals surface area contributed by atoms with Gasteiger partial charge in [-0.15, -0.1) is 0 Å². The molecule has 0 amide bonds. The van der Waals surface area contributed by atoms with Crippen molar-refractivity contribution in [3.05, 3.63) is 18.0 Å². The van der Waals surface area contributed by atoms with Gasteiger partial charge in [0, 0.05) is 19.2 Å². The van der Waals surface area contributed by atoms with Crippen molar-refractivity contribution in [1.82, 2.24) is 15.1 Å². The molecule has 1 fully saturated rings. The molecule has 1 unspecified atom stereocenters. The Labute approximate surface area is 109 Å². The van der Waals surface area contributed by atoms with Crippen LogP contribution in [0.4, 0.5) is 0 Å². The van der Waals surface area contributed by atoms with Crippen LogP contribution in [0.25, 0.3) is 0 Å². The first-order valence-electron chi connectivity index (χ1n) is 7.08. The minimum atomic E-state index is -0.717. The van der Waals surface area contributed by atoms with E-state index in [-0.39, 0.29) is 0 Å². The molecule has 2 N–H and O–H groups in total. The van der Waals surface area contributed by atoms with Gasteiger partial charge in [-0.25, -0.2) is 0 Å². The van der Waals surface area contributed by atoms with Crippen molar-refractivity contribution in [2.45, 2.75) is 57.6 Å². The highest BCUT2D eigenvalue weighted by molar-refractivity contribution is 5.04. The number of hydrogen-bond acceptors (Lipinski definition) is 3. The molecule has 0 aliphatic heterocycles. The fourth-order valence-corrected chi connectivity index (χ4v) is 2.69. The van der Waals surface area contributed by atoms with Gasteiger partial charge in [0.05, 0.1) is 17.3 Å². The van der Waals surface area contributed by atoms with E-state index in [0.717, 1.165) is 12.2 Å². The predicted octanol–water partition coefficient (Wildman–Crippen LogP) is 1.90. The number of aromatic nitrogens is 2. The van der Waals surface area contributed by atoms with Gasteiger partial charge in [0.25, 0.3) is 0 Å². The quantitative estimate of drug-likeness (QED) is 0.812. The molecule has 1 saturated carbocycles. The zero-order chi connectivity index (χ0) is 13.0. The van der Waals surface area contributed by atoms with Crippen molar-refractivity contribution in [1.29, 1.82) is 0 Å². The van der Waals surface area contributed by atoms with Crippen LogP contribution < -0.4 is 5.32 Å². The number of nitrogens with zero attached hydrogens (tertiary/aromatic N) is 2. The smallest absolute Gasteiger partial charge is 0.0799 e. The number of likely N-dealkylation sites (N-methyl/N-ethyl adjacent to an activating group) is 1. The molecule has 18 heavy (non-hydrogen) atoms. The van der Waals surface area contributed by atoms with Crippen LogP contribution in [-0.2, 0) is 6.42 Å². The second-order valence-electron chi connectivity index (χ2n) is 5.68. The maximum absolute atomic E-state index is 10.3. The number of aliphatic hydroxyl groups is 1. The van der Waals surface area contributed by atoms with Crippen molar-refractivity contribution < 1.29 is 5.11 Å². The van der Waals surface area contributed by atoms with E-state index in [9.17, 15) is 5.11 Å². The summed E-state index contributed by atoms with van der Waals surface area (Å²) in [5, 5.41) is 18.1. The van der Waals surface area contributed by atoms with Gasteiger partial charge < -0.3 is 10.4 Å². The second-order valence-corrected chi connectivity index (χ2v) is 5.68. The lowest BCUT2D eigenvalue weighted by Crippen LogP contribution is -2.39. The maximum atomic E-state index is 10.3. The summed E-state index contributed by atoms with van der Waals surface area (Å²) in [4.78, 5) is 0. The maximum Gasteiger partial charge on any atom is 0.0799 e. The molecule has 102 valence electrons. The van der Waals surface area contributed by atoms with E-state index in [0.29, 0.717) is 19.0 Å². The van der Waals surface area contributed by atoms with Gasteiger partial charge in [0.2, 0.25) is 0 Å². The highest BCUT2D eigenvalue weighted by Crippen LogP contribution is 2.28. The van der Waals surface area contributed by atoms with Crippen LogP contribution in [-0.4, -0.2) is 33.6 Å². The molecule has 1 atom stereocenters. The van der Waals surface area contributed by atoms with Crippen LogP contribution in [0.1, 0.15) is 51.3 Å². The number of hydrogen-bond donors (Lipinski definition) is 2. The summed E-state index contributed by atoms with van der Waals surface area (Å²) < 4.78 is 2.09. The van der Waals surface area contributed by atoms with Crippen molar-refractivity contribution in [3.63, 3.8) is 0 Å². The number of rotatable bonds is 6. The molecule has 0 aromatic carbocycles. The van der Waals surface area contributed by atoms with Gasteiger partial charge in [0.15, 0.2) is 0 Å². The monoisotopic (exact) mass is 251 g/mol. The Morgan fingerprint density at radius 1 is 1.50 bits per heavy atom. The molecule has 2 rings (SSSR count). The fourth-order valence-electron chi connectivity index (χ4n) is 2.69. The summed E-state index contributed by atoms with van der Waals surface area (Å²) in [6, 6.07) is 2.62. The van der Waals surface area contributed by atoms with Crippen LogP contribution in [0.3, 0.4) is 0 Å². The molecule has 0 radical (unpaired) electrons. The van der Waals surface area contributed by atoms with Crippen LogP contribution in [0.15, 0.2) is 12.3 Å². The van der Waals surface area contributed by atoms with Crippen LogP contribution in [0.5, 0.6) is 0 Å². The third-order valence-electron chi connectivity index (χ3n) is 3.68. The summed E-state index contributed by atoms with van der Waals surface area (Å²) in [5.74, 6) is 0. The Kier molecular flexibility index (Phi) is 4.40. The summed E-state index contributed by atoms with van der Waals surface area (Å²) in [6.07, 6.45) is 7.80. The van der Waals surface area contributed by atoms with Crippen LogP contribution >= 0.6 is 0 Å². The van der Waals surface area contributed by atoms with E-state index in [1.54, 1.807) is 0 Å². The molecule has 0 saturated heterocycles. The van der Waals surface area contributed by atoms with E-state index >= 15 is 0 Å². The SMILES string of the molecule is CCNCC(C)(O)Cc1ccn(C2CCCC2)n1. The van der Waals surface area contributed by atoms with E-state index in [4.69, 9.17) is 0 Å². The van der Waals surface area contributed by atoms with Gasteiger partial charge in [-0.05, 0) is 32.4 Å². The third kappa shape index (κ3) is 3.56. The lowest BCUT2D eigenvalue weighted by atomic mass is 10.0. The minimum absolute atomic E-state index is 0.581. The third-order valence-corrected chi connectivity index (χ3v) is 3.68. The Morgan fingerprint density at radius 3 is 2.89 bits per heavy atom. The normalized spacial score (nSPS) is 20.2. The molecular weight excluding hydrogens is 226 g/mol. The zero-order valence-electron chi connectivity index (χ0n) is 11.5. The molecule has 1 aromatic heterocycles. The average molecular weight is 251 g/mol. The minimum Gasteiger partial charge on any atom is -0.388 e. The van der Waals surface area contributed by atoms with E-state index in [1.165, 1.54) is 25.7 Å². The van der Waals surface area contributed by atoms with Crippen molar-refractivity contribution in [2.24, 2.45) is 0 Å². The van der Waals surface area contributed by atoms with Gasteiger partial charge in [0.1, 0.15) is 0 Å². The Balaban J connectivity index is 1.93. The largest absolute Gasteiger partial charge is 0.388 e. The van der Waals surface area contributed by atoms with Crippen LogP contribution in [0, 0.1) is 0 Å². The summed E-state index contributed by atoms with van der Waals surface area (Å²) in [7, 11) is 0. The molecule has 1 aliphatic rings. The van der Waals surface area contributed by atoms with Gasteiger partial charge in [-0.3, -0.25) is 4.68 Å². The fraction of sp³-hybridized carbons (Fsp3) is 0.786. The van der Waals surface area contributed by atoms with Gasteiger partial charge in [-0.2, -0.15) is 5.10 Å². The van der Waals surface area contributed by atoms with E-state index in [1.807, 2.05) is 19.9 Å². The van der Waals surface area contributed by atoms with Crippen LogP contribution in [0.2, 0.25) is 0 Å². The second kappa shape index (κ2) is 5.85. The summed E-state index contributed by atoms with van der Waals surface area (Å²) in [6.45, 7) is 5.40. The lowest BCUT2D eigenvalue weighted by Gasteiger charge is -2.22. The topological polar surface area (TPSA) is 50.1 Å². The average Bonchev–Trinajstić information content (AvgIpc) is 2.95. The molecule has 4 nitrogen and oxygen atoms in total. The molecule has 4 heteroatoms. The first-order chi connectivity index (χ1) is 8.61. The van der Waals surface area contributed by atoms with Crippen molar-refractivity contribution >= 4 is 0 Å².